The number of hydrogen-bond acceptors (Lipinski definition) is 4. The van der Waals surface area contributed by atoms with Gasteiger partial charge in [-0.25, -0.2) is 4.39 Å². The van der Waals surface area contributed by atoms with E-state index in [1.165, 1.54) is 18.2 Å². The quantitative estimate of drug-likeness (QED) is 0.559. The van der Waals surface area contributed by atoms with Crippen molar-refractivity contribution in [2.45, 2.75) is 24.9 Å². The SMILES string of the molecule is O=C(CNC(=O)C1c2ccccc2C(=O)N1C1CC1)Nc1ccccc1Oc1cccc(F)c1. The number of halogens is 1. The third-order valence-corrected chi connectivity index (χ3v) is 5.80. The molecular weight excluding hydrogens is 437 g/mol. The predicted molar refractivity (Wildman–Crippen MR) is 123 cm³/mol. The first kappa shape index (κ1) is 21.6. The van der Waals surface area contributed by atoms with Gasteiger partial charge in [-0.2, -0.15) is 0 Å². The number of carbonyl (C=O) groups excluding carboxylic acids is 3. The second kappa shape index (κ2) is 8.97. The molecular formula is C26H22FN3O4. The lowest BCUT2D eigenvalue weighted by Crippen LogP contribution is -2.42. The average Bonchev–Trinajstić information content (AvgIpc) is 3.63. The molecule has 172 valence electrons. The van der Waals surface area contributed by atoms with E-state index in [4.69, 9.17) is 4.74 Å². The van der Waals surface area contributed by atoms with Crippen LogP contribution in [0.4, 0.5) is 10.1 Å². The van der Waals surface area contributed by atoms with Crippen molar-refractivity contribution in [3.8, 4) is 11.5 Å². The molecule has 5 rings (SSSR count). The zero-order valence-electron chi connectivity index (χ0n) is 18.2. The molecule has 7 nitrogen and oxygen atoms in total. The van der Waals surface area contributed by atoms with Crippen LogP contribution in [0.25, 0.3) is 0 Å². The summed E-state index contributed by atoms with van der Waals surface area (Å²) in [4.78, 5) is 40.1. The van der Waals surface area contributed by atoms with E-state index in [9.17, 15) is 18.8 Å². The lowest BCUT2D eigenvalue weighted by molar-refractivity contribution is -0.127. The summed E-state index contributed by atoms with van der Waals surface area (Å²) in [6, 6.07) is 18.8. The molecule has 0 radical (unpaired) electrons. The van der Waals surface area contributed by atoms with Crippen LogP contribution in [0.5, 0.6) is 11.5 Å². The first-order valence-electron chi connectivity index (χ1n) is 11.0. The largest absolute Gasteiger partial charge is 0.455 e. The number of para-hydroxylation sites is 2. The monoisotopic (exact) mass is 459 g/mol. The van der Waals surface area contributed by atoms with Gasteiger partial charge >= 0.3 is 0 Å². The molecule has 1 fully saturated rings. The van der Waals surface area contributed by atoms with E-state index in [2.05, 4.69) is 10.6 Å². The van der Waals surface area contributed by atoms with Crippen LogP contribution in [0.3, 0.4) is 0 Å². The van der Waals surface area contributed by atoms with Crippen LogP contribution in [0, 0.1) is 5.82 Å². The second-order valence-corrected chi connectivity index (χ2v) is 8.25. The molecule has 1 saturated carbocycles. The summed E-state index contributed by atoms with van der Waals surface area (Å²) in [5.74, 6) is -0.813. The maximum atomic E-state index is 13.5. The maximum absolute atomic E-state index is 13.5. The zero-order chi connectivity index (χ0) is 23.7. The van der Waals surface area contributed by atoms with Crippen molar-refractivity contribution in [1.82, 2.24) is 10.2 Å². The molecule has 3 amide bonds. The smallest absolute Gasteiger partial charge is 0.255 e. The number of nitrogens with zero attached hydrogens (tertiary/aromatic N) is 1. The van der Waals surface area contributed by atoms with Crippen molar-refractivity contribution in [3.05, 3.63) is 89.7 Å². The minimum Gasteiger partial charge on any atom is -0.455 e. The van der Waals surface area contributed by atoms with Crippen molar-refractivity contribution in [3.63, 3.8) is 0 Å². The van der Waals surface area contributed by atoms with Gasteiger partial charge in [-0.15, -0.1) is 0 Å². The van der Waals surface area contributed by atoms with E-state index in [0.29, 0.717) is 28.3 Å². The number of amides is 3. The first-order valence-corrected chi connectivity index (χ1v) is 11.0. The number of nitrogens with one attached hydrogen (secondary N) is 2. The van der Waals surface area contributed by atoms with Crippen molar-refractivity contribution in [2.75, 3.05) is 11.9 Å². The number of hydrogen-bond donors (Lipinski definition) is 2. The van der Waals surface area contributed by atoms with Crippen LogP contribution < -0.4 is 15.4 Å². The molecule has 1 atom stereocenters. The molecule has 1 aliphatic heterocycles. The van der Waals surface area contributed by atoms with Crippen molar-refractivity contribution in [2.24, 2.45) is 0 Å². The molecule has 1 heterocycles. The number of benzene rings is 3. The highest BCUT2D eigenvalue weighted by Crippen LogP contribution is 2.41. The fourth-order valence-corrected chi connectivity index (χ4v) is 4.11. The fraction of sp³-hybridized carbons (Fsp3) is 0.192. The van der Waals surface area contributed by atoms with Gasteiger partial charge in [-0.1, -0.05) is 36.4 Å². The van der Waals surface area contributed by atoms with Crippen LogP contribution in [-0.2, 0) is 9.59 Å². The molecule has 0 saturated heterocycles. The van der Waals surface area contributed by atoms with Crippen LogP contribution in [-0.4, -0.2) is 35.2 Å². The normalized spacial score (nSPS) is 16.7. The van der Waals surface area contributed by atoms with Gasteiger partial charge in [0.2, 0.25) is 11.8 Å². The Morgan fingerprint density at radius 2 is 1.76 bits per heavy atom. The number of anilines is 1. The second-order valence-electron chi connectivity index (χ2n) is 8.25. The topological polar surface area (TPSA) is 87.7 Å². The standard InChI is InChI=1S/C26H22FN3O4/c27-16-6-5-7-18(14-16)34-22-11-4-3-10-21(22)29-23(31)15-28-25(32)24-19-8-1-2-9-20(19)26(33)30(24)17-12-13-17/h1-11,14,17,24H,12-13,15H2,(H,28,32)(H,29,31). The molecule has 3 aromatic rings. The van der Waals surface area contributed by atoms with Crippen LogP contribution >= 0.6 is 0 Å². The first-order chi connectivity index (χ1) is 16.5. The van der Waals surface area contributed by atoms with Gasteiger partial charge in [-0.3, -0.25) is 14.4 Å². The Morgan fingerprint density at radius 1 is 1.00 bits per heavy atom. The van der Waals surface area contributed by atoms with E-state index < -0.39 is 23.7 Å². The molecule has 34 heavy (non-hydrogen) atoms. The molecule has 0 aromatic heterocycles. The molecule has 8 heteroatoms. The van der Waals surface area contributed by atoms with Gasteiger partial charge in [0.25, 0.3) is 5.91 Å². The van der Waals surface area contributed by atoms with Crippen molar-refractivity contribution < 1.29 is 23.5 Å². The lowest BCUT2D eigenvalue weighted by atomic mass is 10.0. The highest BCUT2D eigenvalue weighted by atomic mass is 19.1. The predicted octanol–water partition coefficient (Wildman–Crippen LogP) is 4.03. The Morgan fingerprint density at radius 3 is 2.56 bits per heavy atom. The van der Waals surface area contributed by atoms with E-state index in [0.717, 1.165) is 12.8 Å². The lowest BCUT2D eigenvalue weighted by Gasteiger charge is -2.24. The van der Waals surface area contributed by atoms with Crippen LogP contribution in [0.1, 0.15) is 34.8 Å². The Balaban J connectivity index is 1.25. The van der Waals surface area contributed by atoms with Gasteiger partial charge in [0, 0.05) is 17.7 Å². The van der Waals surface area contributed by atoms with Gasteiger partial charge < -0.3 is 20.3 Å². The van der Waals surface area contributed by atoms with Gasteiger partial charge in [0.15, 0.2) is 5.75 Å². The third kappa shape index (κ3) is 4.34. The Hall–Kier alpha value is -4.20. The van der Waals surface area contributed by atoms with Crippen LogP contribution in [0.2, 0.25) is 0 Å². The van der Waals surface area contributed by atoms with Gasteiger partial charge in [-0.05, 0) is 48.7 Å². The maximum Gasteiger partial charge on any atom is 0.255 e. The molecule has 3 aromatic carbocycles. The number of fused-ring (bicyclic) bond motifs is 1. The molecule has 2 aliphatic rings. The summed E-state index contributed by atoms with van der Waals surface area (Å²) in [6.07, 6.45) is 1.73. The summed E-state index contributed by atoms with van der Waals surface area (Å²) < 4.78 is 19.2. The summed E-state index contributed by atoms with van der Waals surface area (Å²) in [5, 5.41) is 5.37. The molecule has 0 bridgehead atoms. The Labute approximate surface area is 195 Å². The molecule has 0 spiro atoms. The summed E-state index contributed by atoms with van der Waals surface area (Å²) in [5.41, 5.74) is 1.57. The van der Waals surface area contributed by atoms with E-state index in [-0.39, 0.29) is 18.5 Å². The zero-order valence-corrected chi connectivity index (χ0v) is 18.2. The van der Waals surface area contributed by atoms with Crippen LogP contribution in [0.15, 0.2) is 72.8 Å². The number of carbonyl (C=O) groups is 3. The Bertz CT molecular complexity index is 1270. The van der Waals surface area contributed by atoms with E-state index in [1.807, 2.05) is 0 Å². The minimum atomic E-state index is -0.743. The number of ether oxygens (including phenoxy) is 1. The average molecular weight is 459 g/mol. The Kier molecular flexibility index (Phi) is 5.71. The van der Waals surface area contributed by atoms with Gasteiger partial charge in [0.1, 0.15) is 17.6 Å². The van der Waals surface area contributed by atoms with Gasteiger partial charge in [0.05, 0.1) is 12.2 Å². The van der Waals surface area contributed by atoms with Crippen molar-refractivity contribution in [1.29, 1.82) is 0 Å². The van der Waals surface area contributed by atoms with E-state index in [1.54, 1.807) is 59.5 Å². The third-order valence-electron chi connectivity index (χ3n) is 5.80. The summed E-state index contributed by atoms with van der Waals surface area (Å²) in [7, 11) is 0. The van der Waals surface area contributed by atoms with Crippen molar-refractivity contribution >= 4 is 23.4 Å². The summed E-state index contributed by atoms with van der Waals surface area (Å²) >= 11 is 0. The minimum absolute atomic E-state index is 0.0522. The molecule has 2 N–H and O–H groups in total. The fourth-order valence-electron chi connectivity index (χ4n) is 4.11. The highest BCUT2D eigenvalue weighted by Gasteiger charge is 2.47. The highest BCUT2D eigenvalue weighted by molar-refractivity contribution is 6.05. The summed E-state index contributed by atoms with van der Waals surface area (Å²) in [6.45, 7) is -0.279. The molecule has 1 aliphatic carbocycles. The number of rotatable bonds is 7. The van der Waals surface area contributed by atoms with E-state index >= 15 is 0 Å². The molecule has 1 unspecified atom stereocenters.